The van der Waals surface area contributed by atoms with Crippen molar-refractivity contribution in [3.8, 4) is 0 Å². The van der Waals surface area contributed by atoms with Gasteiger partial charge in [-0.3, -0.25) is 9.59 Å². The second kappa shape index (κ2) is 26.7. The highest BCUT2D eigenvalue weighted by molar-refractivity contribution is 8.13. The fourth-order valence-electron chi connectivity index (χ4n) is 3.92. The van der Waals surface area contributed by atoms with Gasteiger partial charge in [0, 0.05) is 31.7 Å². The smallest absolute Gasteiger partial charge is 0.306 e. The minimum absolute atomic E-state index is 0.141. The van der Waals surface area contributed by atoms with Crippen molar-refractivity contribution >= 4 is 29.3 Å². The van der Waals surface area contributed by atoms with E-state index in [0.717, 1.165) is 96.1 Å². The molecule has 0 radical (unpaired) electrons. The molecule has 0 spiro atoms. The van der Waals surface area contributed by atoms with Crippen LogP contribution >= 0.6 is 11.8 Å². The summed E-state index contributed by atoms with van der Waals surface area (Å²) in [7, 11) is 0. The number of unbranched alkanes of at least 4 members (excludes halogenated alkanes) is 9. The molecular weight excluding hydrogens is 472 g/mol. The Morgan fingerprint density at radius 3 is 2.08 bits per heavy atom. The van der Waals surface area contributed by atoms with Crippen molar-refractivity contribution in [1.29, 1.82) is 0 Å². The average molecular weight is 527 g/mol. The number of thioether (sulfide) groups is 1. The highest BCUT2D eigenvalue weighted by Crippen LogP contribution is 2.14. The monoisotopic (exact) mass is 526 g/mol. The molecule has 0 aliphatic carbocycles. The lowest BCUT2D eigenvalue weighted by Gasteiger charge is -2.23. The maximum Gasteiger partial charge on any atom is 0.306 e. The van der Waals surface area contributed by atoms with Gasteiger partial charge >= 0.3 is 5.97 Å². The summed E-state index contributed by atoms with van der Waals surface area (Å²) in [4.78, 5) is 39.6. The Bertz CT molecular complexity index is 567. The lowest BCUT2D eigenvalue weighted by atomic mass is 10.1. The summed E-state index contributed by atoms with van der Waals surface area (Å²) in [6.07, 6.45) is 18.5. The molecule has 0 aromatic carbocycles. The minimum Gasteiger partial charge on any atom is -0.461 e. The van der Waals surface area contributed by atoms with Gasteiger partial charge < -0.3 is 19.3 Å². The average Bonchev–Trinajstić information content (AvgIpc) is 2.88. The summed E-state index contributed by atoms with van der Waals surface area (Å²) in [5.41, 5.74) is 0. The molecule has 0 aromatic heterocycles. The molecule has 7 heteroatoms. The van der Waals surface area contributed by atoms with Gasteiger partial charge in [0.2, 0.25) is 0 Å². The largest absolute Gasteiger partial charge is 0.461 e. The number of hydrogen-bond donors (Lipinski definition) is 0. The van der Waals surface area contributed by atoms with Crippen LogP contribution in [0.3, 0.4) is 0 Å². The second-order valence-electron chi connectivity index (χ2n) is 9.31. The molecule has 0 saturated heterocycles. The van der Waals surface area contributed by atoms with Gasteiger partial charge in [-0.2, -0.15) is 0 Å². The molecule has 6 nitrogen and oxygen atoms in total. The third kappa shape index (κ3) is 21.9. The van der Waals surface area contributed by atoms with Gasteiger partial charge in [0.15, 0.2) is 0 Å². The molecule has 36 heavy (non-hydrogen) atoms. The number of carbonyl (C=O) groups is 3. The number of ether oxygens (including phenoxy) is 1. The van der Waals surface area contributed by atoms with Crippen LogP contribution in [0.25, 0.3) is 0 Å². The standard InChI is InChI=1S/C29H54N2O4S/c1-4-7-8-9-10-13-19-26-35-28(33)21-15-14-17-24-31(23-16-11-12-18-25-32)29(34)36-27-20-22-30(5-2)6-3/h13,19,25H,4-12,14-18,20-24,26-27H2,1-3H3/b19-13-. The van der Waals surface area contributed by atoms with Crippen molar-refractivity contribution in [2.75, 3.05) is 45.1 Å². The van der Waals surface area contributed by atoms with Crippen molar-refractivity contribution in [1.82, 2.24) is 9.80 Å². The summed E-state index contributed by atoms with van der Waals surface area (Å²) in [5.74, 6) is 0.702. The van der Waals surface area contributed by atoms with Crippen LogP contribution in [0.2, 0.25) is 0 Å². The van der Waals surface area contributed by atoms with E-state index in [1.165, 1.54) is 37.4 Å². The van der Waals surface area contributed by atoms with Crippen molar-refractivity contribution in [3.05, 3.63) is 12.2 Å². The summed E-state index contributed by atoms with van der Waals surface area (Å²) < 4.78 is 5.29. The van der Waals surface area contributed by atoms with Crippen LogP contribution in [0, 0.1) is 0 Å². The Morgan fingerprint density at radius 1 is 0.750 bits per heavy atom. The Morgan fingerprint density at radius 2 is 1.42 bits per heavy atom. The lowest BCUT2D eigenvalue weighted by molar-refractivity contribution is -0.142. The van der Waals surface area contributed by atoms with Crippen molar-refractivity contribution in [3.63, 3.8) is 0 Å². The number of hydrogen-bond acceptors (Lipinski definition) is 6. The molecule has 1 amide bonds. The first-order valence-electron chi connectivity index (χ1n) is 14.5. The predicted octanol–water partition coefficient (Wildman–Crippen LogP) is 7.26. The first-order chi connectivity index (χ1) is 17.6. The topological polar surface area (TPSA) is 66.9 Å². The van der Waals surface area contributed by atoms with Crippen LogP contribution in [0.5, 0.6) is 0 Å². The van der Waals surface area contributed by atoms with Gasteiger partial charge in [0.05, 0.1) is 0 Å². The Kier molecular flexibility index (Phi) is 25.7. The van der Waals surface area contributed by atoms with E-state index in [-0.39, 0.29) is 11.2 Å². The number of esters is 1. The van der Waals surface area contributed by atoms with Crippen LogP contribution in [-0.2, 0) is 14.3 Å². The molecule has 0 aliphatic heterocycles. The van der Waals surface area contributed by atoms with Crippen LogP contribution in [0.1, 0.15) is 111 Å². The van der Waals surface area contributed by atoms with Gasteiger partial charge in [-0.25, -0.2) is 0 Å². The number of carbonyl (C=O) groups excluding carboxylic acids is 3. The molecule has 0 rings (SSSR count). The molecular formula is C29H54N2O4S. The van der Waals surface area contributed by atoms with Crippen LogP contribution in [0.4, 0.5) is 4.79 Å². The molecule has 0 N–H and O–H groups in total. The highest BCUT2D eigenvalue weighted by Gasteiger charge is 2.14. The number of allylic oxidation sites excluding steroid dienone is 1. The maximum absolute atomic E-state index is 12.8. The van der Waals surface area contributed by atoms with Gasteiger partial charge in [0.1, 0.15) is 12.9 Å². The van der Waals surface area contributed by atoms with Gasteiger partial charge in [-0.15, -0.1) is 0 Å². The minimum atomic E-state index is -0.141. The fraction of sp³-hybridized carbons (Fsp3) is 0.828. The Labute approximate surface area is 226 Å². The van der Waals surface area contributed by atoms with Gasteiger partial charge in [-0.05, 0) is 64.6 Å². The van der Waals surface area contributed by atoms with E-state index < -0.39 is 0 Å². The van der Waals surface area contributed by atoms with Crippen molar-refractivity contribution in [2.24, 2.45) is 0 Å². The lowest BCUT2D eigenvalue weighted by Crippen LogP contribution is -2.30. The van der Waals surface area contributed by atoms with Crippen LogP contribution in [0.15, 0.2) is 12.2 Å². The van der Waals surface area contributed by atoms with E-state index >= 15 is 0 Å². The summed E-state index contributed by atoms with van der Waals surface area (Å²) in [6.45, 7) is 11.5. The van der Waals surface area contributed by atoms with E-state index in [9.17, 15) is 14.4 Å². The van der Waals surface area contributed by atoms with E-state index in [4.69, 9.17) is 4.74 Å². The number of nitrogens with zero attached hydrogens (tertiary/aromatic N) is 2. The molecule has 0 atom stereocenters. The molecule has 0 fully saturated rings. The van der Waals surface area contributed by atoms with Crippen molar-refractivity contribution < 1.29 is 19.1 Å². The predicted molar refractivity (Wildman–Crippen MR) is 154 cm³/mol. The summed E-state index contributed by atoms with van der Waals surface area (Å²) in [5, 5.41) is 0.158. The first kappa shape index (κ1) is 34.7. The zero-order valence-corrected chi connectivity index (χ0v) is 24.3. The summed E-state index contributed by atoms with van der Waals surface area (Å²) in [6, 6.07) is 0. The highest BCUT2D eigenvalue weighted by atomic mass is 32.2. The van der Waals surface area contributed by atoms with Crippen LogP contribution < -0.4 is 0 Å². The molecule has 210 valence electrons. The van der Waals surface area contributed by atoms with E-state index in [2.05, 4.69) is 31.7 Å². The number of aldehydes is 1. The second-order valence-corrected chi connectivity index (χ2v) is 10.4. The zero-order chi connectivity index (χ0) is 26.7. The molecule has 0 heterocycles. The van der Waals surface area contributed by atoms with Gasteiger partial charge in [0.25, 0.3) is 5.24 Å². The fourth-order valence-corrected chi connectivity index (χ4v) is 4.73. The van der Waals surface area contributed by atoms with E-state index in [1.807, 2.05) is 11.0 Å². The van der Waals surface area contributed by atoms with E-state index in [1.54, 1.807) is 0 Å². The summed E-state index contributed by atoms with van der Waals surface area (Å²) >= 11 is 1.43. The van der Waals surface area contributed by atoms with Crippen molar-refractivity contribution in [2.45, 2.75) is 111 Å². The normalized spacial score (nSPS) is 11.3. The number of rotatable bonds is 25. The quantitative estimate of drug-likeness (QED) is 0.0539. The maximum atomic E-state index is 12.8. The molecule has 0 aliphatic rings. The number of amides is 1. The SMILES string of the molecule is CCCCCC/C=C\COC(=O)CCCCCN(CCCCCC=O)C(=O)SCCCN(CC)CC. The first-order valence-corrected chi connectivity index (χ1v) is 15.5. The Balaban J connectivity index is 4.15. The zero-order valence-electron chi connectivity index (χ0n) is 23.5. The third-order valence-corrected chi connectivity index (χ3v) is 7.29. The Hall–Kier alpha value is -1.34. The molecule has 0 aromatic rings. The third-order valence-electron chi connectivity index (χ3n) is 6.29. The molecule has 0 bridgehead atoms. The van der Waals surface area contributed by atoms with Crippen LogP contribution in [-0.4, -0.2) is 72.4 Å². The van der Waals surface area contributed by atoms with Gasteiger partial charge in [-0.1, -0.05) is 76.8 Å². The van der Waals surface area contributed by atoms with E-state index in [0.29, 0.717) is 19.4 Å². The molecule has 0 saturated carbocycles. The molecule has 0 unspecified atom stereocenters.